The molecule has 2 rings (SSSR count). The Kier molecular flexibility index (Phi) is 4.06. The first-order chi connectivity index (χ1) is 10.1. The van der Waals surface area contributed by atoms with E-state index in [0.29, 0.717) is 5.69 Å². The molecule has 0 saturated carbocycles. The average molecular weight is 324 g/mol. The lowest BCUT2D eigenvalue weighted by Gasteiger charge is -2.20. The van der Waals surface area contributed by atoms with Crippen molar-refractivity contribution in [3.05, 3.63) is 29.3 Å². The van der Waals surface area contributed by atoms with E-state index >= 15 is 0 Å². The molecule has 1 atom stereocenters. The van der Waals surface area contributed by atoms with Crippen molar-refractivity contribution < 1.29 is 22.6 Å². The minimum Gasteiger partial charge on any atom is -0.282 e. The van der Waals surface area contributed by atoms with E-state index in [1.165, 1.54) is 14.1 Å². The Morgan fingerprint density at radius 3 is 2.50 bits per heavy atom. The first-order valence-electron chi connectivity index (χ1n) is 6.62. The SMILES string of the molecule is Cc1cccc(NS(=O)(=O)C2C=[N+](C)C(=O)N(C)C2=O)c1C. The summed E-state index contributed by atoms with van der Waals surface area (Å²) in [5.74, 6) is -0.777. The largest absolute Gasteiger partial charge is 0.500 e. The molecule has 0 aromatic heterocycles. The Hall–Kier alpha value is -2.22. The molecule has 0 aliphatic carbocycles. The van der Waals surface area contributed by atoms with Crippen LogP contribution < -0.4 is 4.72 Å². The van der Waals surface area contributed by atoms with Crippen molar-refractivity contribution in [2.75, 3.05) is 18.8 Å². The van der Waals surface area contributed by atoms with Crippen LogP contribution in [0, 0.1) is 13.8 Å². The highest BCUT2D eigenvalue weighted by Crippen LogP contribution is 2.21. The van der Waals surface area contributed by atoms with Crippen molar-refractivity contribution in [2.45, 2.75) is 19.1 Å². The molecular weight excluding hydrogens is 306 g/mol. The Morgan fingerprint density at radius 2 is 1.86 bits per heavy atom. The standard InChI is InChI=1S/C14H18N3O4S/c1-9-6-5-7-11(10(9)2)15-22(20,21)12-8-16(3)14(19)17(4)13(12)18/h5-8,12,15H,1-4H3/q+1. The summed E-state index contributed by atoms with van der Waals surface area (Å²) in [6.07, 6.45) is 1.11. The summed E-state index contributed by atoms with van der Waals surface area (Å²) < 4.78 is 28.5. The first kappa shape index (κ1) is 16.2. The zero-order valence-corrected chi connectivity index (χ0v) is 13.6. The van der Waals surface area contributed by atoms with Gasteiger partial charge in [-0.05, 0) is 31.0 Å². The molecular formula is C14H18N3O4S+. The lowest BCUT2D eigenvalue weighted by Crippen LogP contribution is -2.54. The van der Waals surface area contributed by atoms with Gasteiger partial charge in [0.1, 0.15) is 6.21 Å². The van der Waals surface area contributed by atoms with E-state index in [-0.39, 0.29) is 0 Å². The second kappa shape index (κ2) is 5.53. The van der Waals surface area contributed by atoms with Crippen molar-refractivity contribution in [3.8, 4) is 0 Å². The predicted octanol–water partition coefficient (Wildman–Crippen LogP) is 0.719. The van der Waals surface area contributed by atoms with E-state index in [1.54, 1.807) is 19.1 Å². The molecule has 1 aromatic rings. The van der Waals surface area contributed by atoms with E-state index in [1.807, 2.05) is 13.0 Å². The summed E-state index contributed by atoms with van der Waals surface area (Å²) in [5, 5.41) is -1.44. The third-order valence-corrected chi connectivity index (χ3v) is 5.21. The molecule has 1 heterocycles. The summed E-state index contributed by atoms with van der Waals surface area (Å²) >= 11 is 0. The van der Waals surface area contributed by atoms with Crippen molar-refractivity contribution in [1.29, 1.82) is 0 Å². The van der Waals surface area contributed by atoms with Gasteiger partial charge in [-0.3, -0.25) is 4.72 Å². The second-order valence-electron chi connectivity index (χ2n) is 5.25. The number of anilines is 1. The third kappa shape index (κ3) is 2.74. The van der Waals surface area contributed by atoms with Crippen LogP contribution in [0.5, 0.6) is 0 Å². The molecule has 0 fully saturated rings. The maximum atomic E-state index is 12.5. The molecule has 1 aliphatic heterocycles. The van der Waals surface area contributed by atoms with Gasteiger partial charge in [0.2, 0.25) is 5.25 Å². The number of nitrogens with one attached hydrogen (secondary N) is 1. The summed E-state index contributed by atoms with van der Waals surface area (Å²) in [5.41, 5.74) is 2.14. The Labute approximate surface area is 129 Å². The van der Waals surface area contributed by atoms with Gasteiger partial charge in [0, 0.05) is 0 Å². The Morgan fingerprint density at radius 1 is 1.23 bits per heavy atom. The molecule has 0 saturated heterocycles. The number of benzene rings is 1. The van der Waals surface area contributed by atoms with Crippen LogP contribution in [0.4, 0.5) is 10.5 Å². The molecule has 22 heavy (non-hydrogen) atoms. The number of carbonyl (C=O) groups excluding carboxylic acids is 2. The Bertz CT molecular complexity index is 783. The smallest absolute Gasteiger partial charge is 0.282 e. The van der Waals surface area contributed by atoms with Crippen LogP contribution in [0.15, 0.2) is 18.2 Å². The molecule has 1 aromatic carbocycles. The summed E-state index contributed by atoms with van der Waals surface area (Å²) in [6, 6.07) is 4.66. The number of hydrogen-bond donors (Lipinski definition) is 1. The van der Waals surface area contributed by atoms with Gasteiger partial charge in [-0.2, -0.15) is 9.69 Å². The topological polar surface area (TPSA) is 86.6 Å². The zero-order valence-electron chi connectivity index (χ0n) is 12.8. The molecule has 1 N–H and O–H groups in total. The number of imide groups is 1. The molecule has 0 spiro atoms. The van der Waals surface area contributed by atoms with Gasteiger partial charge in [-0.1, -0.05) is 12.1 Å². The van der Waals surface area contributed by atoms with Crippen LogP contribution in [-0.2, 0) is 14.8 Å². The fraction of sp³-hybridized carbons (Fsp3) is 0.357. The van der Waals surface area contributed by atoms with Crippen LogP contribution >= 0.6 is 0 Å². The van der Waals surface area contributed by atoms with Crippen molar-refractivity contribution >= 4 is 33.9 Å². The number of hydrogen-bond acceptors (Lipinski definition) is 4. The quantitative estimate of drug-likeness (QED) is 0.830. The summed E-state index contributed by atoms with van der Waals surface area (Å²) in [4.78, 5) is 24.5. The predicted molar refractivity (Wildman–Crippen MR) is 82.7 cm³/mol. The fourth-order valence-corrected chi connectivity index (χ4v) is 3.56. The Balaban J connectivity index is 2.41. The number of carbonyl (C=O) groups is 2. The molecule has 0 radical (unpaired) electrons. The van der Waals surface area contributed by atoms with Crippen LogP contribution in [0.1, 0.15) is 11.1 Å². The number of aryl methyl sites for hydroxylation is 1. The van der Waals surface area contributed by atoms with Gasteiger partial charge in [-0.25, -0.2) is 17.8 Å². The zero-order chi connectivity index (χ0) is 16.7. The highest BCUT2D eigenvalue weighted by molar-refractivity contribution is 7.94. The lowest BCUT2D eigenvalue weighted by molar-refractivity contribution is -0.399. The van der Waals surface area contributed by atoms with E-state index in [0.717, 1.165) is 26.8 Å². The van der Waals surface area contributed by atoms with E-state index < -0.39 is 27.2 Å². The third-order valence-electron chi connectivity index (χ3n) is 3.71. The number of sulfonamides is 1. The monoisotopic (exact) mass is 324 g/mol. The maximum absolute atomic E-state index is 12.5. The molecule has 1 unspecified atom stereocenters. The van der Waals surface area contributed by atoms with E-state index in [4.69, 9.17) is 0 Å². The van der Waals surface area contributed by atoms with Gasteiger partial charge >= 0.3 is 11.9 Å². The molecule has 118 valence electrons. The molecule has 3 amide bonds. The molecule has 7 nitrogen and oxygen atoms in total. The molecule has 8 heteroatoms. The minimum atomic E-state index is -4.00. The fourth-order valence-electron chi connectivity index (χ4n) is 2.14. The van der Waals surface area contributed by atoms with E-state index in [2.05, 4.69) is 4.72 Å². The van der Waals surface area contributed by atoms with E-state index in [9.17, 15) is 18.0 Å². The number of amides is 3. The van der Waals surface area contributed by atoms with Gasteiger partial charge in [-0.15, -0.1) is 0 Å². The number of rotatable bonds is 3. The summed E-state index contributed by atoms with van der Waals surface area (Å²) in [6.45, 7) is 3.66. The van der Waals surface area contributed by atoms with Crippen molar-refractivity contribution in [1.82, 2.24) is 4.90 Å². The highest BCUT2D eigenvalue weighted by atomic mass is 32.2. The number of urea groups is 1. The van der Waals surface area contributed by atoms with Crippen LogP contribution in [0.25, 0.3) is 0 Å². The van der Waals surface area contributed by atoms with Gasteiger partial charge < -0.3 is 0 Å². The van der Waals surface area contributed by atoms with Gasteiger partial charge in [0.15, 0.2) is 0 Å². The van der Waals surface area contributed by atoms with Gasteiger partial charge in [0.25, 0.3) is 10.0 Å². The number of nitrogens with zero attached hydrogens (tertiary/aromatic N) is 2. The van der Waals surface area contributed by atoms with Crippen LogP contribution in [0.2, 0.25) is 0 Å². The minimum absolute atomic E-state index is 0.420. The average Bonchev–Trinajstić information content (AvgIpc) is 2.45. The lowest BCUT2D eigenvalue weighted by atomic mass is 10.1. The van der Waals surface area contributed by atoms with Gasteiger partial charge in [0.05, 0.1) is 19.8 Å². The molecule has 1 aliphatic rings. The summed E-state index contributed by atoms with van der Waals surface area (Å²) in [7, 11) is -1.34. The maximum Gasteiger partial charge on any atom is 0.500 e. The normalized spacial score (nSPS) is 19.2. The van der Waals surface area contributed by atoms with Crippen LogP contribution in [0.3, 0.4) is 0 Å². The molecule has 0 bridgehead atoms. The highest BCUT2D eigenvalue weighted by Gasteiger charge is 2.46. The van der Waals surface area contributed by atoms with Crippen LogP contribution in [-0.4, -0.2) is 55.4 Å². The first-order valence-corrected chi connectivity index (χ1v) is 8.17. The second-order valence-corrected chi connectivity index (χ2v) is 7.06. The van der Waals surface area contributed by atoms with Crippen molar-refractivity contribution in [2.24, 2.45) is 0 Å². The van der Waals surface area contributed by atoms with Crippen molar-refractivity contribution in [3.63, 3.8) is 0 Å².